The molecule has 7 heteroatoms. The highest BCUT2D eigenvalue weighted by atomic mass is 35.5. The van der Waals surface area contributed by atoms with Gasteiger partial charge < -0.3 is 0 Å². The molecule has 2 amide bonds. The Balaban J connectivity index is 1.80. The van der Waals surface area contributed by atoms with Gasteiger partial charge in [-0.2, -0.15) is 0 Å². The number of likely N-dealkylation sites (N-methyl/N-ethyl adjacent to an activating group) is 1. The Morgan fingerprint density at radius 2 is 1.75 bits per heavy atom. The summed E-state index contributed by atoms with van der Waals surface area (Å²) < 4.78 is 0. The number of hydrazine groups is 1. The molecule has 0 saturated carbocycles. The summed E-state index contributed by atoms with van der Waals surface area (Å²) in [5, 5.41) is 1.11. The van der Waals surface area contributed by atoms with Gasteiger partial charge in [-0.05, 0) is 36.9 Å². The van der Waals surface area contributed by atoms with Gasteiger partial charge in [0.15, 0.2) is 0 Å². The second-order valence-corrected chi connectivity index (χ2v) is 6.12. The minimum absolute atomic E-state index is 0.105. The van der Waals surface area contributed by atoms with Crippen LogP contribution in [-0.2, 0) is 11.3 Å². The summed E-state index contributed by atoms with van der Waals surface area (Å²) >= 11 is 12.0. The molecule has 0 aliphatic carbocycles. The van der Waals surface area contributed by atoms with Crippen molar-refractivity contribution in [2.45, 2.75) is 6.54 Å². The first-order chi connectivity index (χ1) is 11.5. The van der Waals surface area contributed by atoms with Crippen LogP contribution in [0.3, 0.4) is 0 Å². The molecule has 0 bridgehead atoms. The molecule has 2 N–H and O–H groups in total. The van der Waals surface area contributed by atoms with E-state index in [2.05, 4.69) is 10.9 Å². The van der Waals surface area contributed by atoms with Gasteiger partial charge in [0, 0.05) is 22.2 Å². The molecule has 0 radical (unpaired) electrons. The Labute approximate surface area is 150 Å². The third-order valence-electron chi connectivity index (χ3n) is 3.22. The Hall–Kier alpha value is -2.08. The first-order valence-corrected chi connectivity index (χ1v) is 7.98. The zero-order valence-electron chi connectivity index (χ0n) is 13.1. The van der Waals surface area contributed by atoms with Crippen molar-refractivity contribution in [2.24, 2.45) is 0 Å². The third kappa shape index (κ3) is 5.53. The van der Waals surface area contributed by atoms with Crippen LogP contribution in [0, 0.1) is 0 Å². The van der Waals surface area contributed by atoms with Crippen molar-refractivity contribution in [3.63, 3.8) is 0 Å². The van der Waals surface area contributed by atoms with Crippen LogP contribution in [0.25, 0.3) is 0 Å². The maximum atomic E-state index is 11.9. The Bertz CT molecular complexity index is 723. The normalized spacial score (nSPS) is 10.5. The Morgan fingerprint density at radius 1 is 1.04 bits per heavy atom. The lowest BCUT2D eigenvalue weighted by molar-refractivity contribution is -0.122. The number of halogens is 2. The summed E-state index contributed by atoms with van der Waals surface area (Å²) in [5.74, 6) is -0.695. The van der Waals surface area contributed by atoms with E-state index in [-0.39, 0.29) is 18.4 Å². The van der Waals surface area contributed by atoms with E-state index in [1.807, 2.05) is 12.1 Å². The molecule has 0 aliphatic heterocycles. The molecule has 0 aromatic heterocycles. The summed E-state index contributed by atoms with van der Waals surface area (Å²) in [6, 6.07) is 13.9. The molecule has 5 nitrogen and oxygen atoms in total. The van der Waals surface area contributed by atoms with E-state index in [0.717, 1.165) is 5.56 Å². The SMILES string of the molecule is CN(CC(=O)NNC(=O)c1ccccc1)Cc1ccc(Cl)cc1Cl. The number of carbonyl (C=O) groups excluding carboxylic acids is 2. The number of hydrogen-bond donors (Lipinski definition) is 2. The topological polar surface area (TPSA) is 61.4 Å². The van der Waals surface area contributed by atoms with E-state index in [4.69, 9.17) is 23.2 Å². The summed E-state index contributed by atoms with van der Waals surface area (Å²) in [4.78, 5) is 25.5. The average Bonchev–Trinajstić information content (AvgIpc) is 2.56. The van der Waals surface area contributed by atoms with Crippen LogP contribution in [0.1, 0.15) is 15.9 Å². The van der Waals surface area contributed by atoms with Gasteiger partial charge in [0.05, 0.1) is 6.54 Å². The largest absolute Gasteiger partial charge is 0.293 e. The van der Waals surface area contributed by atoms with Gasteiger partial charge in [0.1, 0.15) is 0 Å². The van der Waals surface area contributed by atoms with E-state index in [1.165, 1.54) is 0 Å². The third-order valence-corrected chi connectivity index (χ3v) is 3.81. The molecular formula is C17H17Cl2N3O2. The number of carbonyl (C=O) groups is 2. The van der Waals surface area contributed by atoms with Gasteiger partial charge in [-0.3, -0.25) is 25.3 Å². The molecular weight excluding hydrogens is 349 g/mol. The predicted molar refractivity (Wildman–Crippen MR) is 94.8 cm³/mol. The Morgan fingerprint density at radius 3 is 2.42 bits per heavy atom. The number of benzene rings is 2. The fourth-order valence-electron chi connectivity index (χ4n) is 2.07. The molecule has 0 heterocycles. The number of nitrogens with one attached hydrogen (secondary N) is 2. The Kier molecular flexibility index (Phi) is 6.61. The van der Waals surface area contributed by atoms with E-state index in [9.17, 15) is 9.59 Å². The smallest absolute Gasteiger partial charge is 0.269 e. The van der Waals surface area contributed by atoms with Gasteiger partial charge in [-0.15, -0.1) is 0 Å². The van der Waals surface area contributed by atoms with E-state index < -0.39 is 0 Å². The first-order valence-electron chi connectivity index (χ1n) is 7.22. The molecule has 2 aromatic rings. The van der Waals surface area contributed by atoms with Crippen molar-refractivity contribution in [1.82, 2.24) is 15.8 Å². The summed E-state index contributed by atoms with van der Waals surface area (Å²) in [6.07, 6.45) is 0. The van der Waals surface area contributed by atoms with Crippen LogP contribution < -0.4 is 10.9 Å². The molecule has 2 aromatic carbocycles. The van der Waals surface area contributed by atoms with Crippen molar-refractivity contribution < 1.29 is 9.59 Å². The van der Waals surface area contributed by atoms with Crippen molar-refractivity contribution in [2.75, 3.05) is 13.6 Å². The minimum Gasteiger partial charge on any atom is -0.293 e. The van der Waals surface area contributed by atoms with Gasteiger partial charge in [0.25, 0.3) is 11.8 Å². The monoisotopic (exact) mass is 365 g/mol. The zero-order chi connectivity index (χ0) is 17.5. The first kappa shape index (κ1) is 18.3. The molecule has 0 fully saturated rings. The van der Waals surface area contributed by atoms with Gasteiger partial charge in [0.2, 0.25) is 0 Å². The van der Waals surface area contributed by atoms with E-state index in [1.54, 1.807) is 48.3 Å². The lowest BCUT2D eigenvalue weighted by Crippen LogP contribution is -2.45. The fourth-order valence-corrected chi connectivity index (χ4v) is 2.54. The number of hydrogen-bond acceptors (Lipinski definition) is 3. The molecule has 126 valence electrons. The van der Waals surface area contributed by atoms with E-state index in [0.29, 0.717) is 22.2 Å². The van der Waals surface area contributed by atoms with Crippen molar-refractivity contribution in [3.05, 3.63) is 69.7 Å². The minimum atomic E-state index is -0.368. The maximum Gasteiger partial charge on any atom is 0.269 e. The van der Waals surface area contributed by atoms with Crippen LogP contribution in [-0.4, -0.2) is 30.3 Å². The number of nitrogens with zero attached hydrogens (tertiary/aromatic N) is 1. The predicted octanol–water partition coefficient (Wildman–Crippen LogP) is 2.89. The van der Waals surface area contributed by atoms with Gasteiger partial charge >= 0.3 is 0 Å². The maximum absolute atomic E-state index is 11.9. The van der Waals surface area contributed by atoms with Gasteiger partial charge in [-0.1, -0.05) is 47.5 Å². The van der Waals surface area contributed by atoms with Gasteiger partial charge in [-0.25, -0.2) is 0 Å². The van der Waals surface area contributed by atoms with Crippen LogP contribution in [0.4, 0.5) is 0 Å². The summed E-state index contributed by atoms with van der Waals surface area (Å²) in [5.41, 5.74) is 6.10. The molecule has 0 atom stereocenters. The lowest BCUT2D eigenvalue weighted by Gasteiger charge is -2.17. The van der Waals surface area contributed by atoms with Crippen molar-refractivity contribution in [1.29, 1.82) is 0 Å². The van der Waals surface area contributed by atoms with E-state index >= 15 is 0 Å². The van der Waals surface area contributed by atoms with Crippen LogP contribution >= 0.6 is 23.2 Å². The molecule has 0 saturated heterocycles. The molecule has 0 unspecified atom stereocenters. The van der Waals surface area contributed by atoms with Crippen molar-refractivity contribution in [3.8, 4) is 0 Å². The molecule has 2 rings (SSSR count). The molecule has 0 aliphatic rings. The highest BCUT2D eigenvalue weighted by Gasteiger charge is 2.11. The summed E-state index contributed by atoms with van der Waals surface area (Å²) in [6.45, 7) is 0.587. The number of amides is 2. The summed E-state index contributed by atoms with van der Waals surface area (Å²) in [7, 11) is 1.78. The fraction of sp³-hybridized carbons (Fsp3) is 0.176. The van der Waals surface area contributed by atoms with Crippen molar-refractivity contribution >= 4 is 35.0 Å². The highest BCUT2D eigenvalue weighted by molar-refractivity contribution is 6.35. The second-order valence-electron chi connectivity index (χ2n) is 5.28. The standard InChI is InChI=1S/C17H17Cl2N3O2/c1-22(10-13-7-8-14(18)9-15(13)19)11-16(23)20-21-17(24)12-5-3-2-4-6-12/h2-9H,10-11H2,1H3,(H,20,23)(H,21,24). The molecule has 0 spiro atoms. The number of rotatable bonds is 5. The zero-order valence-corrected chi connectivity index (χ0v) is 14.6. The average molecular weight is 366 g/mol. The van der Waals surface area contributed by atoms with Crippen LogP contribution in [0.15, 0.2) is 48.5 Å². The molecule has 24 heavy (non-hydrogen) atoms. The lowest BCUT2D eigenvalue weighted by atomic mass is 10.2. The van der Waals surface area contributed by atoms with Crippen LogP contribution in [0.2, 0.25) is 10.0 Å². The van der Waals surface area contributed by atoms with Crippen LogP contribution in [0.5, 0.6) is 0 Å². The second kappa shape index (κ2) is 8.68. The quantitative estimate of drug-likeness (QED) is 0.800. The highest BCUT2D eigenvalue weighted by Crippen LogP contribution is 2.21.